The minimum absolute atomic E-state index is 0.0644. The maximum Gasteiger partial charge on any atom is 0.327 e. The molecule has 70 heavy (non-hydrogen) atoms. The predicted molar refractivity (Wildman–Crippen MR) is 264 cm³/mol. The molecule has 10 atom stereocenters. The molecule has 2 aliphatic rings. The van der Waals surface area contributed by atoms with Crippen LogP contribution in [0.3, 0.4) is 0 Å². The zero-order valence-electron chi connectivity index (χ0n) is 40.5. The highest BCUT2D eigenvalue weighted by atomic mass is 32.5. The fraction of sp³-hybridized carbons (Fsp3) is 0.571. The number of nitrogens with zero attached hydrogens (tertiary/aromatic N) is 8. The Balaban J connectivity index is 1.27. The van der Waals surface area contributed by atoms with Crippen molar-refractivity contribution < 1.29 is 55.8 Å². The van der Waals surface area contributed by atoms with E-state index in [1.165, 1.54) is 29.7 Å². The Morgan fingerprint density at radius 2 is 1.54 bits per heavy atom. The van der Waals surface area contributed by atoms with Gasteiger partial charge in [-0.25, -0.2) is 25.0 Å². The van der Waals surface area contributed by atoms with Crippen molar-refractivity contribution in [3.05, 3.63) is 71.4 Å². The summed E-state index contributed by atoms with van der Waals surface area (Å²) in [4.78, 5) is 54.1. The topological polar surface area (TPSA) is 291 Å². The molecule has 2 aliphatic heterocycles. The zero-order valence-corrected chi connectivity index (χ0v) is 45.2. The first-order chi connectivity index (χ1) is 32.9. The second-order valence-corrected chi connectivity index (χ2v) is 33.1. The van der Waals surface area contributed by atoms with Crippen LogP contribution in [0.5, 0.6) is 0 Å². The summed E-state index contributed by atoms with van der Waals surface area (Å²) in [5.74, 6) is -0.302. The van der Waals surface area contributed by atoms with Gasteiger partial charge in [0, 0.05) is 5.56 Å². The first-order valence-corrected chi connectivity index (χ1v) is 32.1. The van der Waals surface area contributed by atoms with Gasteiger partial charge in [0.2, 0.25) is 0 Å². The highest BCUT2D eigenvalue weighted by Gasteiger charge is 2.56. The van der Waals surface area contributed by atoms with Crippen molar-refractivity contribution in [3.8, 4) is 6.07 Å². The molecule has 2 unspecified atom stereocenters. The number of nitriles is 1. The maximum absolute atomic E-state index is 13.2. The molecule has 0 bridgehead atoms. The number of nitrogens with one attached hydrogen (secondary N) is 2. The van der Waals surface area contributed by atoms with E-state index in [1.54, 1.807) is 34.9 Å². The number of carbonyl (C=O) groups is 1. The monoisotopic (exact) mass is 1060 g/mol. The first-order valence-electron chi connectivity index (χ1n) is 22.4. The molecule has 0 spiro atoms. The van der Waals surface area contributed by atoms with E-state index in [-0.39, 0.29) is 51.1 Å². The lowest BCUT2D eigenvalue weighted by Gasteiger charge is -2.41. The van der Waals surface area contributed by atoms with E-state index < -0.39 is 105 Å². The minimum Gasteiger partial charge on any atom is -0.408 e. The third kappa shape index (κ3) is 11.4. The second-order valence-electron chi connectivity index (χ2n) is 19.9. The van der Waals surface area contributed by atoms with E-state index in [0.717, 1.165) is 0 Å². The van der Waals surface area contributed by atoms with Gasteiger partial charge in [-0.05, 0) is 60.2 Å². The third-order valence-electron chi connectivity index (χ3n) is 13.1. The largest absolute Gasteiger partial charge is 0.408 e. The molecule has 1 aromatic carbocycles. The number of hydrogen-bond donors (Lipinski definition) is 4. The van der Waals surface area contributed by atoms with Gasteiger partial charge in [0.25, 0.3) is 11.5 Å². The number of hydrogen-bond acceptors (Lipinski definition) is 19. The Bertz CT molecular complexity index is 2840. The summed E-state index contributed by atoms with van der Waals surface area (Å²) in [6, 6.07) is 10.6. The van der Waals surface area contributed by atoms with Gasteiger partial charge in [0.15, 0.2) is 51.6 Å². The van der Waals surface area contributed by atoms with Crippen molar-refractivity contribution in [2.24, 2.45) is 0 Å². The van der Waals surface area contributed by atoms with Gasteiger partial charge < -0.3 is 47.2 Å². The summed E-state index contributed by atoms with van der Waals surface area (Å²) in [7, 11) is -9.15. The van der Waals surface area contributed by atoms with Crippen LogP contribution in [0.15, 0.2) is 60.3 Å². The summed E-state index contributed by atoms with van der Waals surface area (Å²) < 4.78 is 68.4. The molecular weight excluding hydrogens is 1000 g/mol. The smallest absolute Gasteiger partial charge is 0.327 e. The molecule has 0 aliphatic carbocycles. The van der Waals surface area contributed by atoms with Crippen molar-refractivity contribution in [2.75, 3.05) is 25.1 Å². The van der Waals surface area contributed by atoms with E-state index in [1.807, 2.05) is 53.0 Å². The number of aliphatic hydroxyl groups excluding tert-OH is 1. The van der Waals surface area contributed by atoms with Crippen LogP contribution in [0.2, 0.25) is 36.3 Å². The number of fused-ring (bicyclic) bond motifs is 2. The van der Waals surface area contributed by atoms with Gasteiger partial charge in [0.1, 0.15) is 43.0 Å². The molecule has 7 rings (SSSR count). The molecule has 380 valence electrons. The minimum atomic E-state index is -4.09. The van der Waals surface area contributed by atoms with Gasteiger partial charge in [-0.2, -0.15) is 10.4 Å². The lowest BCUT2D eigenvalue weighted by molar-refractivity contribution is -0.0574. The van der Waals surface area contributed by atoms with Crippen molar-refractivity contribution >= 4 is 77.3 Å². The summed E-state index contributed by atoms with van der Waals surface area (Å²) >= 11 is 6.17. The van der Waals surface area contributed by atoms with Gasteiger partial charge in [-0.1, -0.05) is 59.7 Å². The summed E-state index contributed by atoms with van der Waals surface area (Å²) in [6.07, 6.45) is -3.64. The van der Waals surface area contributed by atoms with E-state index in [9.17, 15) is 29.4 Å². The van der Waals surface area contributed by atoms with Crippen LogP contribution >= 0.6 is 15.0 Å². The molecule has 23 nitrogen and oxygen atoms in total. The third-order valence-corrected chi connectivity index (χ3v) is 24.9. The molecule has 0 radical (unpaired) electrons. The van der Waals surface area contributed by atoms with Gasteiger partial charge in [-0.15, -0.1) is 0 Å². The normalized spacial score (nSPS) is 24.7. The average molecular weight is 1060 g/mol. The summed E-state index contributed by atoms with van der Waals surface area (Å²) in [6.45, 7) is 15.0. The Hall–Kier alpha value is -4.01. The Labute approximate surface area is 412 Å². The Morgan fingerprint density at radius 1 is 0.914 bits per heavy atom. The highest BCUT2D eigenvalue weighted by molar-refractivity contribution is 8.07. The number of H-pyrrole nitrogens is 1. The van der Waals surface area contributed by atoms with Crippen LogP contribution in [-0.4, -0.2) is 128 Å². The van der Waals surface area contributed by atoms with Gasteiger partial charge in [0.05, 0.1) is 56.7 Å². The van der Waals surface area contributed by atoms with E-state index in [4.69, 9.17) is 48.2 Å². The second kappa shape index (κ2) is 21.2. The highest BCUT2D eigenvalue weighted by Crippen LogP contribution is 2.56. The van der Waals surface area contributed by atoms with Crippen molar-refractivity contribution in [2.45, 2.75) is 133 Å². The molecule has 1 amide bonds. The number of aromatic amines is 1. The summed E-state index contributed by atoms with van der Waals surface area (Å²) in [5.41, 5.74) is 0.652. The van der Waals surface area contributed by atoms with E-state index >= 15 is 0 Å². The zero-order chi connectivity index (χ0) is 51.0. The quantitative estimate of drug-likeness (QED) is 0.0412. The van der Waals surface area contributed by atoms with Crippen LogP contribution in [-0.2, 0) is 52.8 Å². The molecule has 5 aromatic rings. The fourth-order valence-corrected chi connectivity index (χ4v) is 12.6. The lowest BCUT2D eigenvalue weighted by Crippen LogP contribution is -2.50. The van der Waals surface area contributed by atoms with Crippen LogP contribution in [0.4, 0.5) is 5.82 Å². The Morgan fingerprint density at radius 3 is 2.19 bits per heavy atom. The first kappa shape index (κ1) is 53.8. The summed E-state index contributed by atoms with van der Waals surface area (Å²) in [5, 5.41) is 28.8. The number of aromatic nitrogens is 8. The van der Waals surface area contributed by atoms with Gasteiger partial charge >= 0.3 is 15.0 Å². The maximum atomic E-state index is 13.2. The molecule has 4 N–H and O–H groups in total. The average Bonchev–Trinajstić information content (AvgIpc) is 4.07. The lowest BCUT2D eigenvalue weighted by atomic mass is 10.1. The number of benzene rings is 1. The molecular formula is C42H60N10O13P2SSi2. The van der Waals surface area contributed by atoms with Crippen LogP contribution in [0, 0.1) is 11.3 Å². The number of imidazole rings is 2. The SMILES string of the molecule is CC(C)(C)[Si](C)(C)O[C@@H]1[C@H](O[PH](=O)O)[C@@H](COP(=S)(OCCC#N)O[C@@H]2[C@H](O[Si](C)(C)C(C)(C)C)[C@@H](CO)O[C@H]2n2cnc3c(=O)[nH]ncc32)O[C@H]1n1cnc2c(NC(=O)c3ccccc3)ncnc21. The Kier molecular flexibility index (Phi) is 16.3. The number of carbonyl (C=O) groups excluding carboxylic acids is 1. The van der Waals surface area contributed by atoms with Crippen molar-refractivity contribution in [1.82, 2.24) is 39.3 Å². The molecule has 2 saturated heterocycles. The standard InChI is InChI=1S/C42H60N10O13P2SSi2/c1-41(2,3)69(7,8)64-32-27(20-53)60-39(51-23-46-29-26(51)19-48-50-38(29)55)33(32)63-67(68,58-18-14-17-43)59-21-28-31(62-66(56)57)34(65-70(9,10)42(4,5)6)40(61-28)52-24-47-30-35(44-22-45-36(30)52)49-37(54)25-15-12-11-13-16-25/h11-13,15-16,19,22-24,27-28,31-34,39-40,53,66H,14,18,20-21H2,1-10H3,(H,50,55)(H,56,57)(H,44,45,49,54)/t27-,28-,31-,32-,33-,34-,39-,40-,67?/m1/s1. The van der Waals surface area contributed by atoms with Crippen LogP contribution in [0.25, 0.3) is 22.2 Å². The fourth-order valence-electron chi connectivity index (χ4n) is 7.41. The van der Waals surface area contributed by atoms with Crippen molar-refractivity contribution in [3.63, 3.8) is 0 Å². The number of anilines is 1. The van der Waals surface area contributed by atoms with Crippen molar-refractivity contribution in [1.29, 1.82) is 5.26 Å². The number of amides is 1. The number of ether oxygens (including phenoxy) is 2. The van der Waals surface area contributed by atoms with Crippen LogP contribution < -0.4 is 10.9 Å². The molecule has 2 fully saturated rings. The molecule has 28 heteroatoms. The molecule has 0 saturated carbocycles. The predicted octanol–water partition coefficient (Wildman–Crippen LogP) is 6.10. The van der Waals surface area contributed by atoms with Crippen LogP contribution in [0.1, 0.15) is 70.8 Å². The molecule has 4 aromatic heterocycles. The van der Waals surface area contributed by atoms with E-state index in [0.29, 0.717) is 5.56 Å². The van der Waals surface area contributed by atoms with Gasteiger partial charge in [-0.3, -0.25) is 27.8 Å². The number of rotatable bonds is 19. The number of aliphatic hydroxyl groups is 1. The van der Waals surface area contributed by atoms with E-state index in [2.05, 4.69) is 56.2 Å². The molecule has 6 heterocycles.